The fourth-order valence-corrected chi connectivity index (χ4v) is 2.90. The zero-order chi connectivity index (χ0) is 11.8. The van der Waals surface area contributed by atoms with Gasteiger partial charge in [0.05, 0.1) is 0 Å². The maximum absolute atomic E-state index is 5.15. The summed E-state index contributed by atoms with van der Waals surface area (Å²) in [4.78, 5) is 0. The van der Waals surface area contributed by atoms with Crippen molar-refractivity contribution in [1.82, 2.24) is 5.32 Å². The molecule has 0 aromatic heterocycles. The highest BCUT2D eigenvalue weighted by molar-refractivity contribution is 4.83. The van der Waals surface area contributed by atoms with Gasteiger partial charge in [-0.3, -0.25) is 0 Å². The Morgan fingerprint density at radius 1 is 1.38 bits per heavy atom. The van der Waals surface area contributed by atoms with Crippen molar-refractivity contribution in [2.75, 3.05) is 20.3 Å². The Morgan fingerprint density at radius 2 is 2.19 bits per heavy atom. The van der Waals surface area contributed by atoms with E-state index < -0.39 is 0 Å². The van der Waals surface area contributed by atoms with E-state index >= 15 is 0 Å². The zero-order valence-corrected chi connectivity index (χ0v) is 11.3. The van der Waals surface area contributed by atoms with Crippen molar-refractivity contribution in [3.63, 3.8) is 0 Å². The molecular formula is C14H29NO. The van der Waals surface area contributed by atoms with E-state index in [-0.39, 0.29) is 0 Å². The average molecular weight is 227 g/mol. The van der Waals surface area contributed by atoms with Crippen LogP contribution in [0.15, 0.2) is 0 Å². The minimum absolute atomic E-state index is 0.736. The van der Waals surface area contributed by atoms with E-state index in [4.69, 9.17) is 4.74 Å². The number of methoxy groups -OCH3 is 1. The maximum Gasteiger partial charge on any atom is 0.0462 e. The predicted molar refractivity (Wildman–Crippen MR) is 69.7 cm³/mol. The van der Waals surface area contributed by atoms with Crippen LogP contribution in [0.2, 0.25) is 0 Å². The molecule has 3 unspecified atom stereocenters. The van der Waals surface area contributed by atoms with E-state index in [1.807, 2.05) is 0 Å². The molecule has 2 nitrogen and oxygen atoms in total. The summed E-state index contributed by atoms with van der Waals surface area (Å²) in [5.74, 6) is 1.86. The van der Waals surface area contributed by atoms with Gasteiger partial charge in [0.25, 0.3) is 0 Å². The van der Waals surface area contributed by atoms with E-state index in [2.05, 4.69) is 19.2 Å². The fraction of sp³-hybridized carbons (Fsp3) is 1.00. The molecule has 0 heterocycles. The Kier molecular flexibility index (Phi) is 7.06. The van der Waals surface area contributed by atoms with Gasteiger partial charge in [-0.25, -0.2) is 0 Å². The lowest BCUT2D eigenvalue weighted by Crippen LogP contribution is -2.36. The second kappa shape index (κ2) is 8.08. The smallest absolute Gasteiger partial charge is 0.0462 e. The molecule has 0 saturated heterocycles. The third-order valence-corrected chi connectivity index (χ3v) is 3.82. The van der Waals surface area contributed by atoms with Gasteiger partial charge in [-0.2, -0.15) is 0 Å². The molecule has 0 amide bonds. The van der Waals surface area contributed by atoms with Crippen molar-refractivity contribution in [2.24, 2.45) is 11.8 Å². The molecule has 1 saturated carbocycles. The molecule has 0 radical (unpaired) electrons. The molecule has 1 rings (SSSR count). The zero-order valence-electron chi connectivity index (χ0n) is 11.3. The number of hydrogen-bond acceptors (Lipinski definition) is 2. The molecule has 1 aliphatic rings. The van der Waals surface area contributed by atoms with Crippen molar-refractivity contribution in [1.29, 1.82) is 0 Å². The van der Waals surface area contributed by atoms with E-state index in [1.54, 1.807) is 7.11 Å². The van der Waals surface area contributed by atoms with Crippen molar-refractivity contribution in [2.45, 2.75) is 58.4 Å². The predicted octanol–water partition coefficient (Wildman–Crippen LogP) is 3.22. The third kappa shape index (κ3) is 4.84. The fourth-order valence-electron chi connectivity index (χ4n) is 2.90. The molecule has 1 N–H and O–H groups in total. The van der Waals surface area contributed by atoms with Crippen molar-refractivity contribution in [3.8, 4) is 0 Å². The highest BCUT2D eigenvalue weighted by Crippen LogP contribution is 2.33. The number of nitrogens with one attached hydrogen (secondary N) is 1. The molecule has 0 spiro atoms. The third-order valence-electron chi connectivity index (χ3n) is 3.82. The first-order chi connectivity index (χ1) is 7.77. The Labute approximate surface area is 101 Å². The Balaban J connectivity index is 2.30. The lowest BCUT2D eigenvalue weighted by Gasteiger charge is -2.25. The summed E-state index contributed by atoms with van der Waals surface area (Å²) in [7, 11) is 1.80. The van der Waals surface area contributed by atoms with Crippen LogP contribution in [0.3, 0.4) is 0 Å². The Bertz CT molecular complexity index is 172. The van der Waals surface area contributed by atoms with Crippen LogP contribution in [0.1, 0.15) is 52.4 Å². The van der Waals surface area contributed by atoms with Gasteiger partial charge >= 0.3 is 0 Å². The van der Waals surface area contributed by atoms with Crippen molar-refractivity contribution >= 4 is 0 Å². The van der Waals surface area contributed by atoms with Gasteiger partial charge in [0.1, 0.15) is 0 Å². The Hall–Kier alpha value is -0.0800. The van der Waals surface area contributed by atoms with Crippen LogP contribution in [0.25, 0.3) is 0 Å². The number of hydrogen-bond donors (Lipinski definition) is 1. The summed E-state index contributed by atoms with van der Waals surface area (Å²) in [6, 6.07) is 0.736. The van der Waals surface area contributed by atoms with Gasteiger partial charge in [0.15, 0.2) is 0 Å². The van der Waals surface area contributed by atoms with Crippen LogP contribution in [-0.2, 0) is 4.74 Å². The average Bonchev–Trinajstić information content (AvgIpc) is 2.70. The molecular weight excluding hydrogens is 198 g/mol. The lowest BCUT2D eigenvalue weighted by molar-refractivity contribution is 0.183. The molecule has 0 aromatic rings. The minimum Gasteiger partial charge on any atom is -0.385 e. The summed E-state index contributed by atoms with van der Waals surface area (Å²) in [6.45, 7) is 6.72. The van der Waals surface area contributed by atoms with Crippen molar-refractivity contribution < 1.29 is 4.74 Å². The summed E-state index contributed by atoms with van der Waals surface area (Å²) in [5, 5.41) is 3.74. The molecule has 1 aliphatic carbocycles. The van der Waals surface area contributed by atoms with Gasteiger partial charge in [-0.15, -0.1) is 0 Å². The lowest BCUT2D eigenvalue weighted by atomic mass is 9.93. The standard InChI is InChI=1S/C14H29NO/c1-4-9-15-14(6-5-10-16-3)13-8-7-12(2)11-13/h12-15H,4-11H2,1-3H3. The number of rotatable bonds is 8. The van der Waals surface area contributed by atoms with Gasteiger partial charge in [0, 0.05) is 19.8 Å². The van der Waals surface area contributed by atoms with Gasteiger partial charge in [0.2, 0.25) is 0 Å². The first-order valence-corrected chi connectivity index (χ1v) is 7.00. The van der Waals surface area contributed by atoms with Gasteiger partial charge < -0.3 is 10.1 Å². The Morgan fingerprint density at radius 3 is 2.75 bits per heavy atom. The SMILES string of the molecule is CCCNC(CCCOC)C1CCC(C)C1. The first-order valence-electron chi connectivity index (χ1n) is 7.00. The van der Waals surface area contributed by atoms with Crippen molar-refractivity contribution in [3.05, 3.63) is 0 Å². The summed E-state index contributed by atoms with van der Waals surface area (Å²) >= 11 is 0. The van der Waals surface area contributed by atoms with E-state index in [1.165, 1.54) is 45.1 Å². The topological polar surface area (TPSA) is 21.3 Å². The molecule has 3 atom stereocenters. The highest BCUT2D eigenvalue weighted by Gasteiger charge is 2.27. The largest absolute Gasteiger partial charge is 0.385 e. The van der Waals surface area contributed by atoms with Crippen LogP contribution in [-0.4, -0.2) is 26.3 Å². The molecule has 16 heavy (non-hydrogen) atoms. The van der Waals surface area contributed by atoms with Gasteiger partial charge in [-0.05, 0) is 50.5 Å². The second-order valence-electron chi connectivity index (χ2n) is 5.37. The van der Waals surface area contributed by atoms with Crippen LogP contribution in [0.4, 0.5) is 0 Å². The van der Waals surface area contributed by atoms with Crippen LogP contribution < -0.4 is 5.32 Å². The minimum atomic E-state index is 0.736. The van der Waals surface area contributed by atoms with E-state index in [0.29, 0.717) is 0 Å². The molecule has 0 aromatic carbocycles. The van der Waals surface area contributed by atoms with Gasteiger partial charge in [-0.1, -0.05) is 20.3 Å². The second-order valence-corrected chi connectivity index (χ2v) is 5.37. The number of ether oxygens (including phenoxy) is 1. The molecule has 0 bridgehead atoms. The first kappa shape index (κ1) is 14.0. The quantitative estimate of drug-likeness (QED) is 0.643. The summed E-state index contributed by atoms with van der Waals surface area (Å²) in [6.07, 6.45) is 8.00. The normalized spacial score (nSPS) is 27.2. The molecule has 96 valence electrons. The highest BCUT2D eigenvalue weighted by atomic mass is 16.5. The summed E-state index contributed by atoms with van der Waals surface area (Å²) in [5.41, 5.74) is 0. The van der Waals surface area contributed by atoms with E-state index in [0.717, 1.165) is 24.5 Å². The molecule has 0 aliphatic heterocycles. The summed E-state index contributed by atoms with van der Waals surface area (Å²) < 4.78 is 5.15. The molecule has 1 fully saturated rings. The molecule has 2 heteroatoms. The maximum atomic E-state index is 5.15. The van der Waals surface area contributed by atoms with Crippen LogP contribution in [0.5, 0.6) is 0 Å². The van der Waals surface area contributed by atoms with Crippen LogP contribution >= 0.6 is 0 Å². The monoisotopic (exact) mass is 227 g/mol. The van der Waals surface area contributed by atoms with E-state index in [9.17, 15) is 0 Å². The van der Waals surface area contributed by atoms with Crippen LogP contribution in [0, 0.1) is 11.8 Å².